The molecule has 0 N–H and O–H groups in total. The molecular weight excluding hydrogens is 238 g/mol. The van der Waals surface area contributed by atoms with E-state index in [1.807, 2.05) is 18.2 Å². The Morgan fingerprint density at radius 2 is 1.89 bits per heavy atom. The van der Waals surface area contributed by atoms with E-state index in [0.29, 0.717) is 25.0 Å². The second-order valence-electron chi connectivity index (χ2n) is 5.96. The van der Waals surface area contributed by atoms with Gasteiger partial charge in [0.25, 0.3) is 0 Å². The van der Waals surface area contributed by atoms with Gasteiger partial charge in [-0.05, 0) is 42.4 Å². The Bertz CT molecular complexity index is 524. The summed E-state index contributed by atoms with van der Waals surface area (Å²) in [4.78, 5) is 0. The van der Waals surface area contributed by atoms with E-state index in [4.69, 9.17) is 9.47 Å². The molecule has 1 fully saturated rings. The molecule has 0 bridgehead atoms. The predicted octanol–water partition coefficient (Wildman–Crippen LogP) is 3.29. The number of nitrogens with zero attached hydrogens (tertiary/aromatic N) is 1. The second kappa shape index (κ2) is 4.45. The van der Waals surface area contributed by atoms with Crippen molar-refractivity contribution >= 4 is 0 Å². The summed E-state index contributed by atoms with van der Waals surface area (Å²) >= 11 is 0. The minimum atomic E-state index is -0.315. The highest BCUT2D eigenvalue weighted by Crippen LogP contribution is 2.51. The quantitative estimate of drug-likeness (QED) is 0.816. The van der Waals surface area contributed by atoms with Gasteiger partial charge >= 0.3 is 0 Å². The van der Waals surface area contributed by atoms with Crippen LogP contribution in [-0.4, -0.2) is 13.2 Å². The van der Waals surface area contributed by atoms with Crippen LogP contribution >= 0.6 is 0 Å². The van der Waals surface area contributed by atoms with E-state index in [1.165, 1.54) is 0 Å². The molecule has 0 radical (unpaired) electrons. The van der Waals surface area contributed by atoms with Crippen molar-refractivity contribution in [1.29, 1.82) is 5.26 Å². The van der Waals surface area contributed by atoms with Crippen LogP contribution in [0, 0.1) is 23.2 Å². The van der Waals surface area contributed by atoms with Gasteiger partial charge in [-0.15, -0.1) is 0 Å². The predicted molar refractivity (Wildman–Crippen MR) is 72.3 cm³/mol. The first-order valence-corrected chi connectivity index (χ1v) is 6.96. The molecule has 100 valence electrons. The van der Waals surface area contributed by atoms with Crippen LogP contribution in [0.2, 0.25) is 0 Å². The van der Waals surface area contributed by atoms with E-state index in [9.17, 15) is 5.26 Å². The molecule has 3 heteroatoms. The maximum Gasteiger partial charge on any atom is 0.161 e. The van der Waals surface area contributed by atoms with Crippen molar-refractivity contribution in [1.82, 2.24) is 0 Å². The van der Waals surface area contributed by atoms with Crippen molar-refractivity contribution in [3.05, 3.63) is 23.8 Å². The van der Waals surface area contributed by atoms with Crippen LogP contribution in [0.3, 0.4) is 0 Å². The third-order valence-electron chi connectivity index (χ3n) is 4.47. The summed E-state index contributed by atoms with van der Waals surface area (Å²) in [6.45, 7) is 5.65. The average molecular weight is 257 g/mol. The van der Waals surface area contributed by atoms with E-state index < -0.39 is 0 Å². The van der Waals surface area contributed by atoms with Gasteiger partial charge in [-0.2, -0.15) is 5.26 Å². The summed E-state index contributed by atoms with van der Waals surface area (Å²) in [5, 5.41) is 9.57. The fraction of sp³-hybridized carbons (Fsp3) is 0.562. The molecule has 0 amide bonds. The Balaban J connectivity index is 1.88. The third kappa shape index (κ3) is 1.96. The van der Waals surface area contributed by atoms with Crippen LogP contribution in [0.1, 0.15) is 32.3 Å². The van der Waals surface area contributed by atoms with Gasteiger partial charge in [-0.3, -0.25) is 0 Å². The second-order valence-corrected chi connectivity index (χ2v) is 5.96. The first-order valence-electron chi connectivity index (χ1n) is 6.96. The average Bonchev–Trinajstić information content (AvgIpc) is 2.37. The minimum absolute atomic E-state index is 0.315. The Morgan fingerprint density at radius 3 is 2.53 bits per heavy atom. The number of benzene rings is 1. The Morgan fingerprint density at radius 1 is 1.21 bits per heavy atom. The van der Waals surface area contributed by atoms with Crippen LogP contribution in [-0.2, 0) is 5.41 Å². The molecule has 1 aromatic rings. The first kappa shape index (κ1) is 12.3. The van der Waals surface area contributed by atoms with Gasteiger partial charge in [-0.25, -0.2) is 0 Å². The summed E-state index contributed by atoms with van der Waals surface area (Å²) < 4.78 is 11.1. The molecule has 1 aliphatic carbocycles. The maximum absolute atomic E-state index is 9.57. The Kier molecular flexibility index (Phi) is 2.89. The molecule has 0 aromatic heterocycles. The Labute approximate surface area is 114 Å². The lowest BCUT2D eigenvalue weighted by Crippen LogP contribution is -2.42. The monoisotopic (exact) mass is 257 g/mol. The fourth-order valence-electron chi connectivity index (χ4n) is 3.04. The molecule has 1 heterocycles. The highest BCUT2D eigenvalue weighted by molar-refractivity contribution is 5.48. The van der Waals surface area contributed by atoms with Gasteiger partial charge in [0.2, 0.25) is 0 Å². The molecule has 0 saturated heterocycles. The van der Waals surface area contributed by atoms with E-state index in [1.54, 1.807) is 0 Å². The zero-order valence-electron chi connectivity index (χ0n) is 11.5. The van der Waals surface area contributed by atoms with Crippen molar-refractivity contribution in [3.8, 4) is 17.6 Å². The molecular formula is C16H19NO2. The molecule has 0 unspecified atom stereocenters. The van der Waals surface area contributed by atoms with Gasteiger partial charge in [0.05, 0.1) is 11.5 Å². The van der Waals surface area contributed by atoms with Crippen molar-refractivity contribution < 1.29 is 9.47 Å². The lowest BCUT2D eigenvalue weighted by molar-refractivity contribution is 0.142. The Hall–Kier alpha value is -1.69. The standard InChI is InChI=1S/C16H19NO2/c1-11(2)12-8-16(9-12,10-17)13-3-4-14-15(7-13)19-6-5-18-14/h3-4,7,11-12H,5-6,8-9H2,1-2H3. The lowest BCUT2D eigenvalue weighted by Gasteiger charge is -2.45. The summed E-state index contributed by atoms with van der Waals surface area (Å²) in [7, 11) is 0. The van der Waals surface area contributed by atoms with Gasteiger partial charge in [0.15, 0.2) is 11.5 Å². The topological polar surface area (TPSA) is 42.2 Å². The largest absolute Gasteiger partial charge is 0.486 e. The summed E-state index contributed by atoms with van der Waals surface area (Å²) in [5.74, 6) is 2.89. The summed E-state index contributed by atoms with van der Waals surface area (Å²) in [6, 6.07) is 8.48. The van der Waals surface area contributed by atoms with E-state index in [-0.39, 0.29) is 5.41 Å². The van der Waals surface area contributed by atoms with Gasteiger partial charge in [0, 0.05) is 0 Å². The smallest absolute Gasteiger partial charge is 0.161 e. The van der Waals surface area contributed by atoms with E-state index in [2.05, 4.69) is 19.9 Å². The number of rotatable bonds is 2. The van der Waals surface area contributed by atoms with Crippen LogP contribution in [0.15, 0.2) is 18.2 Å². The molecule has 2 aliphatic rings. The van der Waals surface area contributed by atoms with Crippen LogP contribution in [0.4, 0.5) is 0 Å². The number of hydrogen-bond donors (Lipinski definition) is 0. The van der Waals surface area contributed by atoms with E-state index in [0.717, 1.165) is 29.9 Å². The van der Waals surface area contributed by atoms with Crippen LogP contribution in [0.25, 0.3) is 0 Å². The van der Waals surface area contributed by atoms with Crippen molar-refractivity contribution in [2.75, 3.05) is 13.2 Å². The van der Waals surface area contributed by atoms with E-state index >= 15 is 0 Å². The molecule has 0 atom stereocenters. The number of ether oxygens (including phenoxy) is 2. The van der Waals surface area contributed by atoms with Crippen LogP contribution in [0.5, 0.6) is 11.5 Å². The molecule has 1 saturated carbocycles. The zero-order valence-corrected chi connectivity index (χ0v) is 11.5. The molecule has 0 spiro atoms. The summed E-state index contributed by atoms with van der Waals surface area (Å²) in [6.07, 6.45) is 1.92. The number of hydrogen-bond acceptors (Lipinski definition) is 3. The molecule has 1 aliphatic heterocycles. The highest BCUT2D eigenvalue weighted by Gasteiger charge is 2.47. The highest BCUT2D eigenvalue weighted by atomic mass is 16.6. The SMILES string of the molecule is CC(C)C1CC(C#N)(c2ccc3c(c2)OCCO3)C1. The number of fused-ring (bicyclic) bond motifs is 1. The number of nitriles is 1. The van der Waals surface area contributed by atoms with Gasteiger partial charge < -0.3 is 9.47 Å². The minimum Gasteiger partial charge on any atom is -0.486 e. The summed E-state index contributed by atoms with van der Waals surface area (Å²) in [5.41, 5.74) is 0.765. The van der Waals surface area contributed by atoms with Crippen molar-refractivity contribution in [3.63, 3.8) is 0 Å². The third-order valence-corrected chi connectivity index (χ3v) is 4.47. The van der Waals surface area contributed by atoms with Crippen LogP contribution < -0.4 is 9.47 Å². The normalized spacial score (nSPS) is 28.6. The van der Waals surface area contributed by atoms with Gasteiger partial charge in [-0.1, -0.05) is 19.9 Å². The maximum atomic E-state index is 9.57. The molecule has 1 aromatic carbocycles. The fourth-order valence-corrected chi connectivity index (χ4v) is 3.04. The lowest BCUT2D eigenvalue weighted by atomic mass is 9.56. The zero-order chi connectivity index (χ0) is 13.5. The van der Waals surface area contributed by atoms with Gasteiger partial charge in [0.1, 0.15) is 13.2 Å². The molecule has 19 heavy (non-hydrogen) atoms. The van der Waals surface area contributed by atoms with Crippen molar-refractivity contribution in [2.45, 2.75) is 32.1 Å². The molecule has 3 nitrogen and oxygen atoms in total. The molecule has 3 rings (SSSR count). The van der Waals surface area contributed by atoms with Crippen molar-refractivity contribution in [2.24, 2.45) is 11.8 Å². The first-order chi connectivity index (χ1) is 9.14.